The van der Waals surface area contributed by atoms with Gasteiger partial charge < -0.3 is 0 Å². The normalized spacial score (nSPS) is 11.7. The molecule has 9 rings (SSSR count). The number of para-hydroxylation sites is 1. The predicted molar refractivity (Wildman–Crippen MR) is 179 cm³/mol. The van der Waals surface area contributed by atoms with Crippen LogP contribution in [-0.4, -0.2) is 14.4 Å². The van der Waals surface area contributed by atoms with E-state index in [2.05, 4.69) is 150 Å². The lowest BCUT2D eigenvalue weighted by atomic mass is 9.90. The summed E-state index contributed by atoms with van der Waals surface area (Å²) < 4.78 is 2.17. The van der Waals surface area contributed by atoms with E-state index in [9.17, 15) is 0 Å². The van der Waals surface area contributed by atoms with Gasteiger partial charge in [0.05, 0.1) is 16.7 Å². The fourth-order valence-electron chi connectivity index (χ4n) is 6.59. The van der Waals surface area contributed by atoms with E-state index in [0.29, 0.717) is 0 Å². The van der Waals surface area contributed by atoms with Crippen molar-refractivity contribution in [3.05, 3.63) is 152 Å². The Kier molecular flexibility index (Phi) is 5.20. The fraction of sp³-hybridized carbons (Fsp3) is 0. The molecule has 43 heavy (non-hydrogen) atoms. The maximum Gasteiger partial charge on any atom is 0.137 e. The predicted octanol–water partition coefficient (Wildman–Crippen LogP) is 10.3. The molecule has 0 saturated heterocycles. The lowest BCUT2D eigenvalue weighted by Gasteiger charge is -2.15. The summed E-state index contributed by atoms with van der Waals surface area (Å²) in [7, 11) is 0. The van der Waals surface area contributed by atoms with E-state index in [1.54, 1.807) is 0 Å². The van der Waals surface area contributed by atoms with Crippen LogP contribution in [0.15, 0.2) is 152 Å². The standard InChI is InChI=1S/C40H25N3/c1-3-15-31-26(11-1)13-9-18-33(31)28-23-29(34-19-10-14-27-12-2-4-16-32(27)34)25-30(24-28)38-40-39(35-17-5-6-20-36(35)41-38)42-37-21-7-8-22-43(37)40/h1-25H. The third-order valence-corrected chi connectivity index (χ3v) is 8.55. The molecule has 0 atom stereocenters. The van der Waals surface area contributed by atoms with Crippen molar-refractivity contribution in [2.75, 3.05) is 0 Å². The Morgan fingerprint density at radius 3 is 1.70 bits per heavy atom. The van der Waals surface area contributed by atoms with Crippen LogP contribution < -0.4 is 0 Å². The van der Waals surface area contributed by atoms with Gasteiger partial charge in [-0.25, -0.2) is 9.97 Å². The third-order valence-electron chi connectivity index (χ3n) is 8.55. The molecule has 200 valence electrons. The van der Waals surface area contributed by atoms with Gasteiger partial charge in [-0.3, -0.25) is 4.40 Å². The second-order valence-electron chi connectivity index (χ2n) is 11.1. The van der Waals surface area contributed by atoms with E-state index >= 15 is 0 Å². The van der Waals surface area contributed by atoms with Crippen LogP contribution in [-0.2, 0) is 0 Å². The molecular weight excluding hydrogens is 522 g/mol. The zero-order valence-corrected chi connectivity index (χ0v) is 23.3. The Hall–Kier alpha value is -5.80. The number of hydrogen-bond donors (Lipinski definition) is 0. The molecule has 3 aromatic heterocycles. The van der Waals surface area contributed by atoms with E-state index in [1.807, 2.05) is 6.07 Å². The number of pyridine rings is 2. The van der Waals surface area contributed by atoms with Gasteiger partial charge in [0.2, 0.25) is 0 Å². The lowest BCUT2D eigenvalue weighted by molar-refractivity contribution is 1.22. The highest BCUT2D eigenvalue weighted by Crippen LogP contribution is 2.40. The van der Waals surface area contributed by atoms with E-state index < -0.39 is 0 Å². The molecular formula is C40H25N3. The highest BCUT2D eigenvalue weighted by atomic mass is 15.0. The van der Waals surface area contributed by atoms with Crippen molar-refractivity contribution in [2.45, 2.75) is 0 Å². The number of nitrogens with zero attached hydrogens (tertiary/aromatic N) is 3. The minimum Gasteiger partial charge on any atom is -0.298 e. The third kappa shape index (κ3) is 3.75. The van der Waals surface area contributed by atoms with Crippen LogP contribution in [0.3, 0.4) is 0 Å². The molecule has 0 aliphatic heterocycles. The number of fused-ring (bicyclic) bond motifs is 7. The van der Waals surface area contributed by atoms with Gasteiger partial charge in [-0.2, -0.15) is 0 Å². The Morgan fingerprint density at radius 2 is 1.00 bits per heavy atom. The van der Waals surface area contributed by atoms with Gasteiger partial charge in [0.25, 0.3) is 0 Å². The highest BCUT2D eigenvalue weighted by Gasteiger charge is 2.18. The van der Waals surface area contributed by atoms with Crippen molar-refractivity contribution in [1.29, 1.82) is 0 Å². The number of benzene rings is 6. The number of aromatic nitrogens is 3. The molecule has 0 radical (unpaired) electrons. The van der Waals surface area contributed by atoms with Gasteiger partial charge in [0.15, 0.2) is 0 Å². The maximum absolute atomic E-state index is 5.33. The maximum atomic E-state index is 5.33. The molecule has 0 aliphatic carbocycles. The van der Waals surface area contributed by atoms with Gasteiger partial charge >= 0.3 is 0 Å². The first-order valence-electron chi connectivity index (χ1n) is 14.6. The van der Waals surface area contributed by atoms with E-state index in [4.69, 9.17) is 9.97 Å². The molecule has 3 heterocycles. The topological polar surface area (TPSA) is 30.2 Å². The van der Waals surface area contributed by atoms with Gasteiger partial charge in [-0.1, -0.05) is 109 Å². The van der Waals surface area contributed by atoms with Crippen LogP contribution >= 0.6 is 0 Å². The van der Waals surface area contributed by atoms with Crippen molar-refractivity contribution in [2.24, 2.45) is 0 Å². The minimum atomic E-state index is 0.913. The highest BCUT2D eigenvalue weighted by molar-refractivity contribution is 6.10. The SMILES string of the molecule is c1ccc2c(-c3cc(-c4cccc5ccccc45)cc(-c4nc5ccccc5c5nc6ccccn6c45)c3)cccc2c1. The molecule has 0 aliphatic rings. The number of imidazole rings is 1. The smallest absolute Gasteiger partial charge is 0.137 e. The van der Waals surface area contributed by atoms with Crippen molar-refractivity contribution < 1.29 is 0 Å². The number of hydrogen-bond acceptors (Lipinski definition) is 2. The van der Waals surface area contributed by atoms with E-state index in [1.165, 1.54) is 32.7 Å². The molecule has 0 N–H and O–H groups in total. The van der Waals surface area contributed by atoms with Crippen LogP contribution in [0.1, 0.15) is 0 Å². The molecule has 3 nitrogen and oxygen atoms in total. The van der Waals surface area contributed by atoms with Crippen molar-refractivity contribution in [3.8, 4) is 33.5 Å². The Balaban J connectivity index is 1.42. The summed E-state index contributed by atoms with van der Waals surface area (Å²) in [5.74, 6) is 0. The average Bonchev–Trinajstić information content (AvgIpc) is 3.47. The summed E-state index contributed by atoms with van der Waals surface area (Å²) in [5, 5.41) is 5.98. The van der Waals surface area contributed by atoms with Crippen LogP contribution in [0.4, 0.5) is 0 Å². The van der Waals surface area contributed by atoms with Gasteiger partial charge in [-0.05, 0) is 80.2 Å². The second-order valence-corrected chi connectivity index (χ2v) is 11.1. The van der Waals surface area contributed by atoms with Gasteiger partial charge in [0.1, 0.15) is 11.2 Å². The summed E-state index contributed by atoms with van der Waals surface area (Å²) in [4.78, 5) is 10.4. The van der Waals surface area contributed by atoms with E-state index in [0.717, 1.165) is 50.0 Å². The molecule has 0 spiro atoms. The summed E-state index contributed by atoms with van der Waals surface area (Å²) in [5.41, 5.74) is 10.6. The van der Waals surface area contributed by atoms with Crippen molar-refractivity contribution >= 4 is 49.1 Å². The summed E-state index contributed by atoms with van der Waals surface area (Å²) in [6.07, 6.45) is 2.09. The molecule has 0 unspecified atom stereocenters. The van der Waals surface area contributed by atoms with Crippen molar-refractivity contribution in [1.82, 2.24) is 14.4 Å². The Labute approximate surface area is 248 Å². The van der Waals surface area contributed by atoms with Crippen LogP contribution in [0.2, 0.25) is 0 Å². The molecule has 3 heteroatoms. The molecule has 0 bridgehead atoms. The first kappa shape index (κ1) is 23.9. The molecule has 0 saturated carbocycles. The average molecular weight is 548 g/mol. The largest absolute Gasteiger partial charge is 0.298 e. The monoisotopic (exact) mass is 547 g/mol. The fourth-order valence-corrected chi connectivity index (χ4v) is 6.59. The zero-order valence-electron chi connectivity index (χ0n) is 23.3. The molecule has 0 amide bonds. The molecule has 9 aromatic rings. The lowest BCUT2D eigenvalue weighted by Crippen LogP contribution is -1.94. The van der Waals surface area contributed by atoms with Gasteiger partial charge in [0, 0.05) is 17.1 Å². The molecule has 0 fully saturated rings. The Bertz CT molecular complexity index is 2410. The minimum absolute atomic E-state index is 0.913. The summed E-state index contributed by atoms with van der Waals surface area (Å²) in [6, 6.07) is 51.8. The van der Waals surface area contributed by atoms with Gasteiger partial charge in [-0.15, -0.1) is 0 Å². The van der Waals surface area contributed by atoms with Crippen LogP contribution in [0.25, 0.3) is 82.6 Å². The molecule has 6 aromatic carbocycles. The van der Waals surface area contributed by atoms with Crippen LogP contribution in [0.5, 0.6) is 0 Å². The quantitative estimate of drug-likeness (QED) is 0.220. The summed E-state index contributed by atoms with van der Waals surface area (Å²) >= 11 is 0. The first-order valence-corrected chi connectivity index (χ1v) is 14.6. The number of rotatable bonds is 3. The van der Waals surface area contributed by atoms with Crippen LogP contribution in [0, 0.1) is 0 Å². The van der Waals surface area contributed by atoms with E-state index in [-0.39, 0.29) is 0 Å². The Morgan fingerprint density at radius 1 is 0.442 bits per heavy atom. The first-order chi connectivity index (χ1) is 21.3. The van der Waals surface area contributed by atoms with Crippen molar-refractivity contribution in [3.63, 3.8) is 0 Å². The zero-order chi connectivity index (χ0) is 28.3. The second kappa shape index (κ2) is 9.37. The summed E-state index contributed by atoms with van der Waals surface area (Å²) in [6.45, 7) is 0.